The van der Waals surface area contributed by atoms with Crippen LogP contribution in [0.4, 0.5) is 34.1 Å². The number of benzene rings is 14. The highest BCUT2D eigenvalue weighted by molar-refractivity contribution is 7.00. The lowest BCUT2D eigenvalue weighted by atomic mass is 9.33. The van der Waals surface area contributed by atoms with Gasteiger partial charge in [-0.1, -0.05) is 307 Å². The van der Waals surface area contributed by atoms with Gasteiger partial charge in [-0.25, -0.2) is 0 Å². The van der Waals surface area contributed by atoms with Crippen LogP contribution in [0.3, 0.4) is 0 Å². The molecule has 14 aromatic carbocycles. The van der Waals surface area contributed by atoms with Gasteiger partial charge in [0.05, 0.1) is 39.1 Å². The predicted octanol–water partition coefficient (Wildman–Crippen LogP) is 28.3. The Morgan fingerprint density at radius 1 is 0.219 bits per heavy atom. The largest absolute Gasteiger partial charge is 0.452 e. The van der Waals surface area contributed by atoms with Crippen molar-refractivity contribution in [1.29, 1.82) is 0 Å². The van der Waals surface area contributed by atoms with Crippen LogP contribution < -0.4 is 26.2 Å². The Balaban J connectivity index is 0.953. The highest BCUT2D eigenvalue weighted by atomic mass is 16.3. The van der Waals surface area contributed by atoms with E-state index in [1.807, 2.05) is 0 Å². The molecule has 0 bridgehead atoms. The fourth-order valence-electron chi connectivity index (χ4n) is 18.3. The second-order valence-electron chi connectivity index (χ2n) is 38.7. The molecule has 0 spiro atoms. The van der Waals surface area contributed by atoms with Crippen LogP contribution in [0.1, 0.15) is 158 Å². The fraction of sp³-hybridized carbons (Fsp3) is 0.222. The third-order valence-electron chi connectivity index (χ3n) is 24.8. The summed E-state index contributed by atoms with van der Waals surface area (Å²) in [6.07, 6.45) is 0. The van der Waals surface area contributed by atoms with Gasteiger partial charge in [0.1, 0.15) is 0 Å². The van der Waals surface area contributed by atoms with Crippen LogP contribution in [0, 0.1) is 0 Å². The van der Waals surface area contributed by atoms with Gasteiger partial charge in [0.2, 0.25) is 0 Å². The average Bonchev–Trinajstić information content (AvgIpc) is 0.949. The topological polar surface area (TPSA) is 29.5 Å². The number of nitrogens with zero attached hydrogens (tertiary/aromatic N) is 4. The molecule has 0 N–H and O–H groups in total. The van der Waals surface area contributed by atoms with E-state index in [1.54, 1.807) is 0 Å². The van der Waals surface area contributed by atoms with E-state index in [1.165, 1.54) is 76.9 Å². The molecule has 0 aliphatic carbocycles. The Morgan fingerprint density at radius 3 is 0.965 bits per heavy atom. The summed E-state index contributed by atoms with van der Waals surface area (Å²) >= 11 is 0. The molecule has 17 aromatic rings. The van der Waals surface area contributed by atoms with Gasteiger partial charge in [-0.05, 0) is 230 Å². The van der Waals surface area contributed by atoms with Crippen LogP contribution in [0.15, 0.2) is 290 Å². The first-order valence-electron chi connectivity index (χ1n) is 41.0. The van der Waals surface area contributed by atoms with Crippen LogP contribution in [0.25, 0.3) is 121 Å². The maximum absolute atomic E-state index is 7.99. The van der Waals surface area contributed by atoms with Crippen molar-refractivity contribution in [3.8, 4) is 55.9 Å². The minimum absolute atomic E-state index is 0.0109. The minimum Gasteiger partial charge on any atom is -0.452 e. The number of para-hydroxylation sites is 2. The molecule has 0 saturated heterocycles. The summed E-state index contributed by atoms with van der Waals surface area (Å²) in [7, 11) is 0. The van der Waals surface area contributed by atoms with Gasteiger partial charge in [-0.3, -0.25) is 0 Å². The van der Waals surface area contributed by atoms with Crippen molar-refractivity contribution in [2.24, 2.45) is 0 Å². The van der Waals surface area contributed by atoms with E-state index >= 15 is 0 Å². The Kier molecular flexibility index (Phi) is 16.4. The molecule has 19 rings (SSSR count). The Labute approximate surface area is 673 Å². The summed E-state index contributed by atoms with van der Waals surface area (Å²) in [6.45, 7) is 41.5. The molecule has 0 unspecified atom stereocenters. The zero-order chi connectivity index (χ0) is 79.2. The SMILES string of the molecule is CC(C)(C)c1ccc(-c2ccc3c(c2)N(c2cc(-c4ccccc4)cc(-c4ccccc4)c2)c2cc(-n4c5ccc(C(C)(C)C)cc5c5cc(C(C)(C)C)ccc54)cc4c2B3c2ccc(-c3ccc(C(C)(C)C)cc3)cc2N4c2cccc3c2oc2c(-n4c5ccc(C(C)(C)C)cc5c5cc(C(C)(C)C)ccc54)cccc23)cc1. The molecular formula is C108H101BN4O. The van der Waals surface area contributed by atoms with Crippen LogP contribution in [0.2, 0.25) is 0 Å². The normalized spacial score (nSPS) is 13.5. The van der Waals surface area contributed by atoms with Gasteiger partial charge in [-0.2, -0.15) is 0 Å². The lowest BCUT2D eigenvalue weighted by Crippen LogP contribution is -2.61. The number of fused-ring (bicyclic) bond motifs is 13. The van der Waals surface area contributed by atoms with E-state index in [0.29, 0.717) is 0 Å². The van der Waals surface area contributed by atoms with Crippen molar-refractivity contribution in [2.75, 3.05) is 9.80 Å². The van der Waals surface area contributed by atoms with Gasteiger partial charge in [0.25, 0.3) is 6.71 Å². The molecule has 5 nitrogen and oxygen atoms in total. The van der Waals surface area contributed by atoms with Crippen LogP contribution >= 0.6 is 0 Å². The number of aromatic nitrogens is 2. The summed E-state index contributed by atoms with van der Waals surface area (Å²) in [4.78, 5) is 5.26. The molecule has 0 saturated carbocycles. The molecular weight excluding hydrogens is 1380 g/mol. The highest BCUT2D eigenvalue weighted by Gasteiger charge is 2.45. The number of hydrogen-bond acceptors (Lipinski definition) is 3. The smallest absolute Gasteiger partial charge is 0.252 e. The molecule has 2 aliphatic heterocycles. The lowest BCUT2D eigenvalue weighted by molar-refractivity contribution is 0.590. The first kappa shape index (κ1) is 72.4. The number of rotatable bonds is 8. The summed E-state index contributed by atoms with van der Waals surface area (Å²) < 4.78 is 13.0. The lowest BCUT2D eigenvalue weighted by Gasteiger charge is -2.44. The molecule has 5 heterocycles. The fourth-order valence-corrected chi connectivity index (χ4v) is 18.3. The Bertz CT molecular complexity index is 6560. The second kappa shape index (κ2) is 25.8. The molecule has 0 atom stereocenters. The standard InChI is InChI=1S/C108H101BN4O/c1-103(2,3)74-41-35-68(36-42-74)70-39-49-88-96(58-70)111(80-56-72(66-27-21-19-22-28-66)55-73(57-80)67-29-23-20-24-30-67)98-64-81(110-90-51-45-76(105(7,8)9)60-84(90)85-61-77(106(10,11)12)46-52-91(85)110)65-99-100(98)109(88)89-50-40-71(69-37-43-75(44-38-69)104(4,5)6)59-97(89)113(99)95-34-26-32-83-82-31-25-33-94(101(82)114-102(83)95)112-92-53-47-78(107(13,14)15)62-86(92)87-63-79(108(16,17)18)48-54-93(87)112/h19-65H,1-18H3. The van der Waals surface area contributed by atoms with Gasteiger partial charge in [0, 0.05) is 60.8 Å². The molecule has 0 fully saturated rings. The third-order valence-corrected chi connectivity index (χ3v) is 24.8. The maximum atomic E-state index is 7.99. The molecule has 3 aromatic heterocycles. The number of furan rings is 1. The number of anilines is 6. The zero-order valence-electron chi connectivity index (χ0n) is 69.4. The van der Waals surface area contributed by atoms with Crippen molar-refractivity contribution in [1.82, 2.24) is 9.13 Å². The van der Waals surface area contributed by atoms with Crippen LogP contribution in [0.5, 0.6) is 0 Å². The van der Waals surface area contributed by atoms with Crippen molar-refractivity contribution >= 4 is 123 Å². The molecule has 562 valence electrons. The second-order valence-corrected chi connectivity index (χ2v) is 38.7. The van der Waals surface area contributed by atoms with E-state index in [-0.39, 0.29) is 39.2 Å². The molecule has 0 amide bonds. The van der Waals surface area contributed by atoms with Crippen molar-refractivity contribution in [3.63, 3.8) is 0 Å². The van der Waals surface area contributed by atoms with Crippen molar-refractivity contribution < 1.29 is 4.42 Å². The summed E-state index contributed by atoms with van der Waals surface area (Å²) in [5.41, 5.74) is 35.1. The third kappa shape index (κ3) is 12.0. The summed E-state index contributed by atoms with van der Waals surface area (Å²) in [6, 6.07) is 110. The quantitative estimate of drug-likeness (QED) is 0.142. The first-order valence-corrected chi connectivity index (χ1v) is 41.0. The number of hydrogen-bond donors (Lipinski definition) is 0. The first-order chi connectivity index (χ1) is 54.3. The van der Waals surface area contributed by atoms with Crippen LogP contribution in [-0.4, -0.2) is 15.8 Å². The van der Waals surface area contributed by atoms with E-state index in [9.17, 15) is 0 Å². The average molecular weight is 1480 g/mol. The van der Waals surface area contributed by atoms with Crippen molar-refractivity contribution in [3.05, 3.63) is 318 Å². The maximum Gasteiger partial charge on any atom is 0.252 e. The van der Waals surface area contributed by atoms with Gasteiger partial charge >= 0.3 is 0 Å². The van der Waals surface area contributed by atoms with Crippen LogP contribution in [-0.2, 0) is 32.5 Å². The Hall–Kier alpha value is -11.9. The summed E-state index contributed by atoms with van der Waals surface area (Å²) in [5.74, 6) is 0. The molecule has 6 heteroatoms. The minimum atomic E-state index is -0.238. The zero-order valence-corrected chi connectivity index (χ0v) is 69.4. The summed E-state index contributed by atoms with van der Waals surface area (Å²) in [5, 5.41) is 7.05. The monoisotopic (exact) mass is 1480 g/mol. The van der Waals surface area contributed by atoms with Gasteiger partial charge in [0.15, 0.2) is 11.2 Å². The van der Waals surface area contributed by atoms with E-state index in [4.69, 9.17) is 4.42 Å². The molecule has 114 heavy (non-hydrogen) atoms. The molecule has 0 radical (unpaired) electrons. The predicted molar refractivity (Wildman–Crippen MR) is 490 cm³/mol. The van der Waals surface area contributed by atoms with E-state index in [0.717, 1.165) is 128 Å². The highest BCUT2D eigenvalue weighted by Crippen LogP contribution is 2.53. The molecule has 2 aliphatic rings. The van der Waals surface area contributed by atoms with E-state index in [2.05, 4.69) is 429 Å². The van der Waals surface area contributed by atoms with E-state index < -0.39 is 0 Å². The van der Waals surface area contributed by atoms with Crippen molar-refractivity contribution in [2.45, 2.75) is 157 Å². The van der Waals surface area contributed by atoms with Gasteiger partial charge in [-0.15, -0.1) is 0 Å². The Morgan fingerprint density at radius 2 is 0.561 bits per heavy atom. The van der Waals surface area contributed by atoms with Gasteiger partial charge < -0.3 is 23.4 Å².